The van der Waals surface area contributed by atoms with Gasteiger partial charge in [0.05, 0.1) is 0 Å². The van der Waals surface area contributed by atoms with Crippen LogP contribution in [-0.2, 0) is 33.8 Å². The number of ether oxygens (including phenoxy) is 1. The molecule has 0 bridgehead atoms. The second-order valence-electron chi connectivity index (χ2n) is 17.2. The molecule has 1 rings (SSSR count). The van der Waals surface area contributed by atoms with Crippen LogP contribution in [0.3, 0.4) is 0 Å². The van der Waals surface area contributed by atoms with Crippen LogP contribution in [0.4, 0.5) is 0 Å². The smallest absolute Gasteiger partial charge is 0.306 e. The van der Waals surface area contributed by atoms with Crippen molar-refractivity contribution in [2.24, 2.45) is 0 Å². The highest BCUT2D eigenvalue weighted by atomic mass is 16.5. The predicted octanol–water partition coefficient (Wildman–Crippen LogP) is 14.4. The Hall–Kier alpha value is -1.88. The molecule has 0 spiro atoms. The third kappa shape index (κ3) is 29.1. The molecule has 0 aliphatic carbocycles. The molecule has 1 unspecified atom stereocenters. The summed E-state index contributed by atoms with van der Waals surface area (Å²) in [4.78, 5) is 31.4. The summed E-state index contributed by atoms with van der Waals surface area (Å²) in [6.45, 7) is 11.3. The largest absolute Gasteiger partial charge is 0.461 e. The average Bonchev–Trinajstić information content (AvgIpc) is 3.17. The molecule has 0 saturated heterocycles. The summed E-state index contributed by atoms with van der Waals surface area (Å²) in [5.41, 5.74) is 3.94. The number of nitrogens with zero attached hydrogens (tertiary/aromatic N) is 2. The standard InChI is InChI=1S/C50H92N2O3/c1-7-11-15-19-21-23-24-28-35-48(52(40-32-39-51(5)6)49(53)37-29-25-22-20-16-12-8-2)36-30-31-38-50(54)55-44-47-42-45(33-26-17-13-9-3)41-46(43-47)34-27-18-14-10-4/h41-43,48H,7-40,44H2,1-6H3. The van der Waals surface area contributed by atoms with Crippen LogP contribution in [0.2, 0.25) is 0 Å². The minimum Gasteiger partial charge on any atom is -0.461 e. The summed E-state index contributed by atoms with van der Waals surface area (Å²) in [7, 11) is 4.25. The highest BCUT2D eigenvalue weighted by Gasteiger charge is 2.23. The minimum atomic E-state index is -0.0877. The first-order valence-corrected chi connectivity index (χ1v) is 24.1. The van der Waals surface area contributed by atoms with Gasteiger partial charge in [0.15, 0.2) is 0 Å². The Morgan fingerprint density at radius 2 is 0.909 bits per heavy atom. The summed E-state index contributed by atoms with van der Waals surface area (Å²) in [5, 5.41) is 0. The number of carbonyl (C=O) groups excluding carboxylic acids is 2. The van der Waals surface area contributed by atoms with Crippen LogP contribution in [0.1, 0.15) is 237 Å². The SMILES string of the molecule is CCCCCCCCCCC(CCCCC(=O)OCc1cc(CCCCCC)cc(CCCCCC)c1)N(CCCN(C)C)C(=O)CCCCCCCCC. The van der Waals surface area contributed by atoms with Gasteiger partial charge in [-0.15, -0.1) is 0 Å². The molecule has 0 heterocycles. The van der Waals surface area contributed by atoms with Crippen LogP contribution in [0.15, 0.2) is 18.2 Å². The van der Waals surface area contributed by atoms with Gasteiger partial charge in [-0.2, -0.15) is 0 Å². The second-order valence-corrected chi connectivity index (χ2v) is 17.2. The van der Waals surface area contributed by atoms with Crippen molar-refractivity contribution in [2.45, 2.75) is 246 Å². The molecule has 55 heavy (non-hydrogen) atoms. The van der Waals surface area contributed by atoms with Crippen molar-refractivity contribution >= 4 is 11.9 Å². The summed E-state index contributed by atoms with van der Waals surface area (Å²) in [6.07, 6.45) is 37.4. The fourth-order valence-corrected chi connectivity index (χ4v) is 8.02. The van der Waals surface area contributed by atoms with Crippen LogP contribution in [0.5, 0.6) is 0 Å². The highest BCUT2D eigenvalue weighted by molar-refractivity contribution is 5.76. The number of hydrogen-bond donors (Lipinski definition) is 0. The molecule has 1 amide bonds. The quantitative estimate of drug-likeness (QED) is 0.0494. The van der Waals surface area contributed by atoms with Crippen molar-refractivity contribution < 1.29 is 14.3 Å². The molecule has 0 aromatic heterocycles. The zero-order valence-corrected chi connectivity index (χ0v) is 37.7. The van der Waals surface area contributed by atoms with E-state index in [-0.39, 0.29) is 12.0 Å². The number of amides is 1. The Morgan fingerprint density at radius 1 is 0.491 bits per heavy atom. The zero-order valence-electron chi connectivity index (χ0n) is 37.7. The van der Waals surface area contributed by atoms with Crippen LogP contribution in [0, 0.1) is 0 Å². The summed E-state index contributed by atoms with van der Waals surface area (Å²) in [6, 6.07) is 7.22. The van der Waals surface area contributed by atoms with Crippen molar-refractivity contribution in [3.63, 3.8) is 0 Å². The maximum atomic E-state index is 13.9. The van der Waals surface area contributed by atoms with E-state index in [2.05, 4.69) is 69.8 Å². The average molecular weight is 769 g/mol. The van der Waals surface area contributed by atoms with Crippen LogP contribution < -0.4 is 0 Å². The van der Waals surface area contributed by atoms with E-state index in [1.165, 1.54) is 146 Å². The monoisotopic (exact) mass is 769 g/mol. The maximum Gasteiger partial charge on any atom is 0.306 e. The molecule has 1 atom stereocenters. The van der Waals surface area contributed by atoms with Gasteiger partial charge in [0.2, 0.25) is 5.91 Å². The second kappa shape index (κ2) is 36.5. The number of benzene rings is 1. The molecule has 1 aromatic carbocycles. The number of rotatable bonds is 39. The fourth-order valence-electron chi connectivity index (χ4n) is 8.02. The first kappa shape index (κ1) is 51.1. The molecule has 0 saturated carbocycles. The Morgan fingerprint density at radius 3 is 1.42 bits per heavy atom. The van der Waals surface area contributed by atoms with Crippen LogP contribution >= 0.6 is 0 Å². The molecule has 1 aromatic rings. The van der Waals surface area contributed by atoms with E-state index >= 15 is 0 Å². The van der Waals surface area contributed by atoms with Gasteiger partial charge < -0.3 is 14.5 Å². The van der Waals surface area contributed by atoms with Gasteiger partial charge in [0.25, 0.3) is 0 Å². The van der Waals surface area contributed by atoms with Gasteiger partial charge >= 0.3 is 5.97 Å². The Kier molecular flexibility index (Phi) is 33.9. The fraction of sp³-hybridized carbons (Fsp3) is 0.840. The first-order valence-electron chi connectivity index (χ1n) is 24.1. The lowest BCUT2D eigenvalue weighted by atomic mass is 9.97. The van der Waals surface area contributed by atoms with Gasteiger partial charge in [0, 0.05) is 25.4 Å². The topological polar surface area (TPSA) is 49.9 Å². The maximum absolute atomic E-state index is 13.9. The Balaban J connectivity index is 2.82. The van der Waals surface area contributed by atoms with E-state index in [9.17, 15) is 9.59 Å². The van der Waals surface area contributed by atoms with Gasteiger partial charge in [-0.3, -0.25) is 9.59 Å². The van der Waals surface area contributed by atoms with Crippen molar-refractivity contribution in [1.82, 2.24) is 9.80 Å². The highest BCUT2D eigenvalue weighted by Crippen LogP contribution is 2.22. The normalized spacial score (nSPS) is 12.1. The summed E-state index contributed by atoms with van der Waals surface area (Å²) in [5.74, 6) is 0.268. The van der Waals surface area contributed by atoms with Crippen LogP contribution in [0.25, 0.3) is 0 Å². The van der Waals surface area contributed by atoms with E-state index in [1.807, 2.05) is 0 Å². The van der Waals surface area contributed by atoms with Crippen molar-refractivity contribution in [3.8, 4) is 0 Å². The molecule has 320 valence electrons. The lowest BCUT2D eigenvalue weighted by Gasteiger charge is -2.33. The molecule has 5 nitrogen and oxygen atoms in total. The molecule has 0 N–H and O–H groups in total. The summed E-state index contributed by atoms with van der Waals surface area (Å²) < 4.78 is 5.90. The molecular weight excluding hydrogens is 677 g/mol. The van der Waals surface area contributed by atoms with E-state index in [0.29, 0.717) is 25.4 Å². The number of esters is 1. The summed E-state index contributed by atoms with van der Waals surface area (Å²) >= 11 is 0. The molecule has 0 aliphatic heterocycles. The van der Waals surface area contributed by atoms with Gasteiger partial charge in [-0.1, -0.05) is 181 Å². The predicted molar refractivity (Wildman–Crippen MR) is 239 cm³/mol. The van der Waals surface area contributed by atoms with Gasteiger partial charge in [-0.05, 0) is 95.1 Å². The number of unbranched alkanes of at least 4 members (excludes halogenated alkanes) is 20. The van der Waals surface area contributed by atoms with Crippen molar-refractivity contribution in [2.75, 3.05) is 27.2 Å². The van der Waals surface area contributed by atoms with E-state index in [1.54, 1.807) is 0 Å². The van der Waals surface area contributed by atoms with Gasteiger partial charge in [-0.25, -0.2) is 0 Å². The number of hydrogen-bond acceptors (Lipinski definition) is 4. The minimum absolute atomic E-state index is 0.0877. The lowest BCUT2D eigenvalue weighted by molar-refractivity contribution is -0.145. The van der Waals surface area contributed by atoms with E-state index < -0.39 is 0 Å². The molecule has 0 radical (unpaired) electrons. The van der Waals surface area contributed by atoms with Crippen molar-refractivity contribution in [3.05, 3.63) is 34.9 Å². The van der Waals surface area contributed by atoms with Gasteiger partial charge in [0.1, 0.15) is 6.61 Å². The molecule has 5 heteroatoms. The third-order valence-electron chi connectivity index (χ3n) is 11.5. The molecule has 0 aliphatic rings. The number of aryl methyl sites for hydroxylation is 2. The van der Waals surface area contributed by atoms with Crippen molar-refractivity contribution in [1.29, 1.82) is 0 Å². The number of carbonyl (C=O) groups is 2. The van der Waals surface area contributed by atoms with E-state index in [0.717, 1.165) is 76.4 Å². The Labute approximate surface area is 342 Å². The first-order chi connectivity index (χ1) is 26.8. The molecule has 0 fully saturated rings. The lowest BCUT2D eigenvalue weighted by Crippen LogP contribution is -2.41. The molecular formula is C50H92N2O3. The van der Waals surface area contributed by atoms with Crippen LogP contribution in [-0.4, -0.2) is 54.9 Å². The third-order valence-corrected chi connectivity index (χ3v) is 11.5. The zero-order chi connectivity index (χ0) is 40.2. The van der Waals surface area contributed by atoms with E-state index in [4.69, 9.17) is 4.74 Å². The Bertz CT molecular complexity index is 1010.